The van der Waals surface area contributed by atoms with Crippen molar-refractivity contribution in [2.24, 2.45) is 5.92 Å². The standard InChI is InChI=1S/C15H21N3O2/c1-10-8-17-12(9-16-10)15(20)18-7-3-5-13(18)11-4-2-6-14(11)19/h8-9,11,13-14,19H,2-7H2,1H3. The molecule has 3 rings (SSSR count). The molecular weight excluding hydrogens is 254 g/mol. The number of aryl methyl sites for hydroxylation is 1. The van der Waals surface area contributed by atoms with Crippen molar-refractivity contribution in [3.05, 3.63) is 23.8 Å². The van der Waals surface area contributed by atoms with Crippen LogP contribution in [0.2, 0.25) is 0 Å². The van der Waals surface area contributed by atoms with E-state index in [4.69, 9.17) is 0 Å². The molecule has 2 heterocycles. The molecule has 0 radical (unpaired) electrons. The Morgan fingerprint density at radius 3 is 2.75 bits per heavy atom. The van der Waals surface area contributed by atoms with Crippen molar-refractivity contribution < 1.29 is 9.90 Å². The fraction of sp³-hybridized carbons (Fsp3) is 0.667. The third-order valence-electron chi connectivity index (χ3n) is 4.59. The van der Waals surface area contributed by atoms with E-state index < -0.39 is 0 Å². The number of nitrogens with zero attached hydrogens (tertiary/aromatic N) is 3. The highest BCUT2D eigenvalue weighted by Gasteiger charge is 2.40. The summed E-state index contributed by atoms with van der Waals surface area (Å²) in [6, 6.07) is 0.170. The Labute approximate surface area is 119 Å². The van der Waals surface area contributed by atoms with E-state index >= 15 is 0 Å². The topological polar surface area (TPSA) is 66.3 Å². The molecule has 0 spiro atoms. The lowest BCUT2D eigenvalue weighted by Gasteiger charge is -2.31. The Hall–Kier alpha value is -1.49. The number of carbonyl (C=O) groups excluding carboxylic acids is 1. The Morgan fingerprint density at radius 1 is 1.25 bits per heavy atom. The fourth-order valence-electron chi connectivity index (χ4n) is 3.56. The highest BCUT2D eigenvalue weighted by molar-refractivity contribution is 5.92. The third kappa shape index (κ3) is 2.42. The molecule has 1 aromatic rings. The molecule has 2 fully saturated rings. The van der Waals surface area contributed by atoms with E-state index in [1.807, 2.05) is 11.8 Å². The maximum atomic E-state index is 12.6. The molecule has 1 N–H and O–H groups in total. The minimum Gasteiger partial charge on any atom is -0.393 e. The smallest absolute Gasteiger partial charge is 0.274 e. The molecule has 0 bridgehead atoms. The molecule has 0 aromatic carbocycles. The van der Waals surface area contributed by atoms with Crippen molar-refractivity contribution in [1.82, 2.24) is 14.9 Å². The lowest BCUT2D eigenvalue weighted by molar-refractivity contribution is 0.0523. The first-order chi connectivity index (χ1) is 9.66. The zero-order valence-electron chi connectivity index (χ0n) is 11.8. The van der Waals surface area contributed by atoms with E-state index in [9.17, 15) is 9.90 Å². The van der Waals surface area contributed by atoms with Crippen LogP contribution >= 0.6 is 0 Å². The quantitative estimate of drug-likeness (QED) is 0.889. The summed E-state index contributed by atoms with van der Waals surface area (Å²) in [6.45, 7) is 2.62. The van der Waals surface area contributed by atoms with Gasteiger partial charge in [0.25, 0.3) is 5.91 Å². The van der Waals surface area contributed by atoms with Crippen LogP contribution in [0.15, 0.2) is 12.4 Å². The van der Waals surface area contributed by atoms with Gasteiger partial charge in [-0.2, -0.15) is 0 Å². The van der Waals surface area contributed by atoms with Crippen LogP contribution in [0, 0.1) is 12.8 Å². The average molecular weight is 275 g/mol. The molecular formula is C15H21N3O2. The maximum absolute atomic E-state index is 12.6. The van der Waals surface area contributed by atoms with E-state index in [0.29, 0.717) is 5.69 Å². The Kier molecular flexibility index (Phi) is 3.70. The molecule has 1 saturated carbocycles. The number of aliphatic hydroxyl groups is 1. The molecule has 20 heavy (non-hydrogen) atoms. The summed E-state index contributed by atoms with van der Waals surface area (Å²) < 4.78 is 0. The minimum absolute atomic E-state index is 0.0425. The van der Waals surface area contributed by atoms with Gasteiger partial charge in [-0.05, 0) is 32.6 Å². The SMILES string of the molecule is Cc1cnc(C(=O)N2CCCC2C2CCCC2O)cn1. The fourth-order valence-corrected chi connectivity index (χ4v) is 3.56. The largest absolute Gasteiger partial charge is 0.393 e. The lowest BCUT2D eigenvalue weighted by Crippen LogP contribution is -2.42. The molecule has 3 unspecified atom stereocenters. The van der Waals surface area contributed by atoms with Gasteiger partial charge in [-0.15, -0.1) is 0 Å². The number of likely N-dealkylation sites (tertiary alicyclic amines) is 1. The van der Waals surface area contributed by atoms with Gasteiger partial charge in [0, 0.05) is 24.7 Å². The number of aliphatic hydroxyl groups excluding tert-OH is 1. The first-order valence-electron chi connectivity index (χ1n) is 7.44. The van der Waals surface area contributed by atoms with Crippen LogP contribution in [0.4, 0.5) is 0 Å². The summed E-state index contributed by atoms with van der Waals surface area (Å²) in [7, 11) is 0. The van der Waals surface area contributed by atoms with Gasteiger partial charge in [0.1, 0.15) is 5.69 Å². The molecule has 2 aliphatic rings. The molecule has 1 aromatic heterocycles. The van der Waals surface area contributed by atoms with Crippen LogP contribution in [-0.4, -0.2) is 44.6 Å². The van der Waals surface area contributed by atoms with Crippen molar-refractivity contribution >= 4 is 5.91 Å². The highest BCUT2D eigenvalue weighted by atomic mass is 16.3. The van der Waals surface area contributed by atoms with E-state index in [-0.39, 0.29) is 24.0 Å². The zero-order chi connectivity index (χ0) is 14.1. The molecule has 1 amide bonds. The predicted octanol–water partition coefficient (Wildman–Crippen LogP) is 1.55. The maximum Gasteiger partial charge on any atom is 0.274 e. The average Bonchev–Trinajstić information content (AvgIpc) is 3.07. The van der Waals surface area contributed by atoms with Gasteiger partial charge in [-0.1, -0.05) is 6.42 Å². The second-order valence-electron chi connectivity index (χ2n) is 5.91. The second-order valence-corrected chi connectivity index (χ2v) is 5.91. The highest BCUT2D eigenvalue weighted by Crippen LogP contribution is 2.36. The molecule has 1 saturated heterocycles. The number of amides is 1. The Balaban J connectivity index is 1.78. The lowest BCUT2D eigenvalue weighted by atomic mass is 9.94. The van der Waals surface area contributed by atoms with Crippen molar-refractivity contribution in [1.29, 1.82) is 0 Å². The van der Waals surface area contributed by atoms with Gasteiger partial charge in [0.15, 0.2) is 0 Å². The van der Waals surface area contributed by atoms with Crippen molar-refractivity contribution in [2.45, 2.75) is 51.2 Å². The monoisotopic (exact) mass is 275 g/mol. The van der Waals surface area contributed by atoms with E-state index in [2.05, 4.69) is 9.97 Å². The van der Waals surface area contributed by atoms with Crippen LogP contribution < -0.4 is 0 Å². The van der Waals surface area contributed by atoms with Gasteiger partial charge in [0.2, 0.25) is 0 Å². The molecule has 1 aliphatic carbocycles. The van der Waals surface area contributed by atoms with Gasteiger partial charge >= 0.3 is 0 Å². The van der Waals surface area contributed by atoms with Crippen LogP contribution in [0.1, 0.15) is 48.3 Å². The number of aromatic nitrogens is 2. The summed E-state index contributed by atoms with van der Waals surface area (Å²) in [5.41, 5.74) is 1.22. The third-order valence-corrected chi connectivity index (χ3v) is 4.59. The van der Waals surface area contributed by atoms with E-state index in [0.717, 1.165) is 44.3 Å². The summed E-state index contributed by atoms with van der Waals surface area (Å²) in [5.74, 6) is 0.193. The first kappa shape index (κ1) is 13.5. The van der Waals surface area contributed by atoms with Gasteiger partial charge < -0.3 is 10.0 Å². The second kappa shape index (κ2) is 5.48. The number of hydrogen-bond acceptors (Lipinski definition) is 4. The van der Waals surface area contributed by atoms with E-state index in [1.165, 1.54) is 0 Å². The van der Waals surface area contributed by atoms with Crippen LogP contribution in [0.25, 0.3) is 0 Å². The van der Waals surface area contributed by atoms with Crippen molar-refractivity contribution in [3.63, 3.8) is 0 Å². The van der Waals surface area contributed by atoms with Gasteiger partial charge in [0.05, 0.1) is 18.0 Å². The molecule has 108 valence electrons. The van der Waals surface area contributed by atoms with Crippen molar-refractivity contribution in [3.8, 4) is 0 Å². The molecule has 3 atom stereocenters. The van der Waals surface area contributed by atoms with Crippen LogP contribution in [-0.2, 0) is 0 Å². The van der Waals surface area contributed by atoms with Crippen LogP contribution in [0.3, 0.4) is 0 Å². The van der Waals surface area contributed by atoms with Crippen molar-refractivity contribution in [2.75, 3.05) is 6.54 Å². The summed E-state index contributed by atoms with van der Waals surface area (Å²) >= 11 is 0. The molecule has 1 aliphatic heterocycles. The Bertz CT molecular complexity index is 488. The number of carbonyl (C=O) groups is 1. The zero-order valence-corrected chi connectivity index (χ0v) is 11.8. The van der Waals surface area contributed by atoms with E-state index in [1.54, 1.807) is 12.4 Å². The first-order valence-corrected chi connectivity index (χ1v) is 7.44. The predicted molar refractivity (Wildman–Crippen MR) is 74.2 cm³/mol. The van der Waals surface area contributed by atoms with Gasteiger partial charge in [-0.3, -0.25) is 9.78 Å². The summed E-state index contributed by atoms with van der Waals surface area (Å²) in [4.78, 5) is 22.8. The summed E-state index contributed by atoms with van der Waals surface area (Å²) in [5, 5.41) is 10.1. The number of rotatable bonds is 2. The Morgan fingerprint density at radius 2 is 2.10 bits per heavy atom. The normalized spacial score (nSPS) is 29.9. The molecule has 5 heteroatoms. The van der Waals surface area contributed by atoms with Gasteiger partial charge in [-0.25, -0.2) is 4.98 Å². The summed E-state index contributed by atoms with van der Waals surface area (Å²) in [6.07, 6.45) is 7.89. The molecule has 5 nitrogen and oxygen atoms in total. The number of hydrogen-bond donors (Lipinski definition) is 1. The minimum atomic E-state index is -0.252. The van der Waals surface area contributed by atoms with Crippen LogP contribution in [0.5, 0.6) is 0 Å².